The second kappa shape index (κ2) is 8.26. The number of carbonyl (C=O) groups excluding carboxylic acids is 1. The average molecular weight is 461 g/mol. The normalized spacial score (nSPS) is 11.1. The number of aromatic nitrogens is 3. The molecule has 5 nitrogen and oxygen atoms in total. The van der Waals surface area contributed by atoms with Crippen molar-refractivity contribution in [1.82, 2.24) is 14.8 Å². The van der Waals surface area contributed by atoms with Crippen LogP contribution in [0.2, 0.25) is 15.1 Å². The van der Waals surface area contributed by atoms with Crippen molar-refractivity contribution in [3.63, 3.8) is 0 Å². The van der Waals surface area contributed by atoms with Gasteiger partial charge in [0.05, 0.1) is 39.7 Å². The number of nitrogens with zero attached hydrogens (tertiary/aromatic N) is 3. The van der Waals surface area contributed by atoms with E-state index in [1.807, 2.05) is 19.1 Å². The quantitative estimate of drug-likeness (QED) is 0.325. The van der Waals surface area contributed by atoms with Crippen LogP contribution in [0.15, 0.2) is 48.5 Å². The van der Waals surface area contributed by atoms with Gasteiger partial charge in [0.1, 0.15) is 0 Å². The molecule has 2 heterocycles. The molecule has 0 bridgehead atoms. The van der Waals surface area contributed by atoms with E-state index in [0.29, 0.717) is 48.6 Å². The van der Waals surface area contributed by atoms with Crippen LogP contribution >= 0.6 is 34.8 Å². The van der Waals surface area contributed by atoms with E-state index < -0.39 is 5.97 Å². The molecule has 0 amide bonds. The van der Waals surface area contributed by atoms with Gasteiger partial charge in [-0.05, 0) is 56.3 Å². The number of rotatable bonds is 4. The summed E-state index contributed by atoms with van der Waals surface area (Å²) in [5, 5.41) is 6.75. The number of aryl methyl sites for hydroxylation is 1. The second-order valence-corrected chi connectivity index (χ2v) is 7.86. The molecule has 0 aliphatic heterocycles. The van der Waals surface area contributed by atoms with Crippen LogP contribution in [0.1, 0.15) is 23.0 Å². The van der Waals surface area contributed by atoms with Crippen molar-refractivity contribution in [2.45, 2.75) is 13.8 Å². The van der Waals surface area contributed by atoms with Crippen molar-refractivity contribution in [2.24, 2.45) is 0 Å². The lowest BCUT2D eigenvalue weighted by Gasteiger charge is -2.10. The molecule has 0 radical (unpaired) electrons. The van der Waals surface area contributed by atoms with E-state index in [1.165, 1.54) is 0 Å². The van der Waals surface area contributed by atoms with Gasteiger partial charge in [0.25, 0.3) is 0 Å². The van der Waals surface area contributed by atoms with Gasteiger partial charge in [-0.2, -0.15) is 5.10 Å². The van der Waals surface area contributed by atoms with Crippen LogP contribution in [0.4, 0.5) is 0 Å². The molecule has 0 saturated carbocycles. The van der Waals surface area contributed by atoms with Gasteiger partial charge >= 0.3 is 5.97 Å². The molecule has 30 heavy (non-hydrogen) atoms. The number of pyridine rings is 1. The molecule has 0 unspecified atom stereocenters. The fourth-order valence-corrected chi connectivity index (χ4v) is 3.85. The first-order chi connectivity index (χ1) is 14.4. The Balaban J connectivity index is 2.06. The van der Waals surface area contributed by atoms with Crippen molar-refractivity contribution in [2.75, 3.05) is 6.61 Å². The van der Waals surface area contributed by atoms with Crippen LogP contribution in [0.25, 0.3) is 28.0 Å². The lowest BCUT2D eigenvalue weighted by atomic mass is 10.1. The van der Waals surface area contributed by atoms with Crippen molar-refractivity contribution in [1.29, 1.82) is 0 Å². The van der Waals surface area contributed by atoms with Gasteiger partial charge in [-0.25, -0.2) is 14.5 Å². The van der Waals surface area contributed by atoms with Gasteiger partial charge in [0.15, 0.2) is 5.65 Å². The zero-order valence-corrected chi connectivity index (χ0v) is 18.4. The first kappa shape index (κ1) is 20.7. The number of halogens is 3. The van der Waals surface area contributed by atoms with Crippen LogP contribution in [0.3, 0.4) is 0 Å². The molecule has 4 aromatic rings. The fourth-order valence-electron chi connectivity index (χ4n) is 3.28. The third kappa shape index (κ3) is 3.76. The summed E-state index contributed by atoms with van der Waals surface area (Å²) in [7, 11) is 0. The number of benzene rings is 2. The molecule has 0 atom stereocenters. The van der Waals surface area contributed by atoms with Crippen molar-refractivity contribution in [3.8, 4) is 16.9 Å². The summed E-state index contributed by atoms with van der Waals surface area (Å²) in [6, 6.07) is 14.0. The third-order valence-corrected chi connectivity index (χ3v) is 5.37. The Bertz CT molecular complexity index is 1280. The molecule has 8 heteroatoms. The molecule has 0 N–H and O–H groups in total. The van der Waals surface area contributed by atoms with E-state index in [0.717, 1.165) is 5.69 Å². The summed E-state index contributed by atoms with van der Waals surface area (Å²) in [6.07, 6.45) is 0. The van der Waals surface area contributed by atoms with Crippen molar-refractivity contribution < 1.29 is 9.53 Å². The van der Waals surface area contributed by atoms with Crippen LogP contribution in [0, 0.1) is 6.92 Å². The molecule has 0 saturated heterocycles. The Labute approximate surface area is 188 Å². The first-order valence-corrected chi connectivity index (χ1v) is 10.3. The van der Waals surface area contributed by atoms with Gasteiger partial charge in [-0.1, -0.05) is 40.9 Å². The van der Waals surface area contributed by atoms with Gasteiger partial charge in [0.2, 0.25) is 0 Å². The molecule has 152 valence electrons. The summed E-state index contributed by atoms with van der Waals surface area (Å²) in [4.78, 5) is 17.6. The number of hydrogen-bond acceptors (Lipinski definition) is 4. The van der Waals surface area contributed by atoms with E-state index in [4.69, 9.17) is 44.5 Å². The molecule has 0 fully saturated rings. The minimum atomic E-state index is -0.460. The monoisotopic (exact) mass is 459 g/mol. The number of ether oxygens (including phenoxy) is 1. The predicted octanol–water partition coefficient (Wildman–Crippen LogP) is 6.53. The molecule has 0 aliphatic carbocycles. The van der Waals surface area contributed by atoms with Crippen LogP contribution in [-0.4, -0.2) is 27.3 Å². The maximum atomic E-state index is 12.8. The summed E-state index contributed by atoms with van der Waals surface area (Å²) >= 11 is 18.8. The molecule has 4 rings (SSSR count). The third-order valence-electron chi connectivity index (χ3n) is 4.57. The standard InChI is InChI=1S/C22H16Cl3N3O2/c1-3-30-22(29)17-11-19(16-10-14(24)7-8-18(16)25)26-21-20(17)12(2)27-28(21)15-6-4-5-13(23)9-15/h4-11H,3H2,1-2H3. The molecular weight excluding hydrogens is 445 g/mol. The number of hydrogen-bond donors (Lipinski definition) is 0. The van der Waals surface area contributed by atoms with E-state index in [9.17, 15) is 4.79 Å². The maximum absolute atomic E-state index is 12.8. The molecule has 0 aliphatic rings. The molecular formula is C22H16Cl3N3O2. The van der Waals surface area contributed by atoms with Crippen molar-refractivity contribution in [3.05, 3.63) is 74.9 Å². The van der Waals surface area contributed by atoms with Gasteiger partial charge < -0.3 is 4.74 Å². The van der Waals surface area contributed by atoms with Gasteiger partial charge in [-0.15, -0.1) is 0 Å². The van der Waals surface area contributed by atoms with Crippen LogP contribution in [0.5, 0.6) is 0 Å². The largest absolute Gasteiger partial charge is 0.462 e. The SMILES string of the molecule is CCOC(=O)c1cc(-c2cc(Cl)ccc2Cl)nc2c1c(C)nn2-c1cccc(Cl)c1. The average Bonchev–Trinajstić information content (AvgIpc) is 3.06. The highest BCUT2D eigenvalue weighted by Crippen LogP contribution is 2.34. The minimum absolute atomic E-state index is 0.247. The van der Waals surface area contributed by atoms with Gasteiger partial charge in [-0.3, -0.25) is 0 Å². The topological polar surface area (TPSA) is 57.0 Å². The molecule has 0 spiro atoms. The predicted molar refractivity (Wildman–Crippen MR) is 120 cm³/mol. The van der Waals surface area contributed by atoms with E-state index in [1.54, 1.807) is 48.0 Å². The van der Waals surface area contributed by atoms with E-state index >= 15 is 0 Å². The second-order valence-electron chi connectivity index (χ2n) is 6.58. The van der Waals surface area contributed by atoms with E-state index in [2.05, 4.69) is 5.10 Å². The highest BCUT2D eigenvalue weighted by molar-refractivity contribution is 6.35. The van der Waals surface area contributed by atoms with Crippen LogP contribution in [-0.2, 0) is 4.74 Å². The Hall–Kier alpha value is -2.60. The molecule has 2 aromatic heterocycles. The Morgan fingerprint density at radius 3 is 2.57 bits per heavy atom. The Morgan fingerprint density at radius 1 is 1.07 bits per heavy atom. The van der Waals surface area contributed by atoms with Gasteiger partial charge in [0, 0.05) is 15.6 Å². The smallest absolute Gasteiger partial charge is 0.339 e. The highest BCUT2D eigenvalue weighted by Gasteiger charge is 2.22. The summed E-state index contributed by atoms with van der Waals surface area (Å²) in [5.74, 6) is -0.460. The first-order valence-electron chi connectivity index (χ1n) is 9.18. The Morgan fingerprint density at radius 2 is 1.83 bits per heavy atom. The molecule has 2 aromatic carbocycles. The lowest BCUT2D eigenvalue weighted by Crippen LogP contribution is -2.07. The fraction of sp³-hybridized carbons (Fsp3) is 0.136. The summed E-state index contributed by atoms with van der Waals surface area (Å²) in [6.45, 7) is 3.82. The zero-order valence-electron chi connectivity index (χ0n) is 16.1. The highest BCUT2D eigenvalue weighted by atomic mass is 35.5. The maximum Gasteiger partial charge on any atom is 0.339 e. The summed E-state index contributed by atoms with van der Waals surface area (Å²) < 4.78 is 6.94. The number of esters is 1. The number of carbonyl (C=O) groups is 1. The lowest BCUT2D eigenvalue weighted by molar-refractivity contribution is 0.0528. The van der Waals surface area contributed by atoms with Crippen LogP contribution < -0.4 is 0 Å². The Kier molecular flexibility index (Phi) is 5.69. The minimum Gasteiger partial charge on any atom is -0.462 e. The zero-order chi connectivity index (χ0) is 21.4. The van der Waals surface area contributed by atoms with E-state index in [-0.39, 0.29) is 6.61 Å². The number of fused-ring (bicyclic) bond motifs is 1. The van der Waals surface area contributed by atoms with Crippen molar-refractivity contribution >= 4 is 51.8 Å². The summed E-state index contributed by atoms with van der Waals surface area (Å²) in [5.41, 5.74) is 3.31.